The first-order valence-corrected chi connectivity index (χ1v) is 11.6. The lowest BCUT2D eigenvalue weighted by Crippen LogP contribution is -2.58. The molecule has 0 unspecified atom stereocenters. The van der Waals surface area contributed by atoms with E-state index in [-0.39, 0.29) is 5.56 Å². The minimum absolute atomic E-state index is 0.221. The first-order valence-electron chi connectivity index (χ1n) is 10.8. The van der Waals surface area contributed by atoms with Crippen LogP contribution in [-0.2, 0) is 9.53 Å². The number of ether oxygens (including phenoxy) is 2. The number of aromatic amines is 1. The molecule has 2 aliphatic rings. The highest BCUT2D eigenvalue weighted by atomic mass is 32.1. The zero-order chi connectivity index (χ0) is 23.4. The Morgan fingerprint density at radius 2 is 1.97 bits per heavy atom. The Bertz CT molecular complexity index is 1600. The number of nitrogens with zero attached hydrogens (tertiary/aromatic N) is 3. The van der Waals surface area contributed by atoms with Gasteiger partial charge in [-0.1, -0.05) is 59.9 Å². The molecule has 0 fully saturated rings. The lowest BCUT2D eigenvalue weighted by atomic mass is 9.81. The highest BCUT2D eigenvalue weighted by molar-refractivity contribution is 7.07. The van der Waals surface area contributed by atoms with E-state index in [0.29, 0.717) is 15.1 Å². The molecule has 2 aromatic carbocycles. The van der Waals surface area contributed by atoms with Crippen LogP contribution in [0.25, 0.3) is 17.3 Å². The third-order valence-corrected chi connectivity index (χ3v) is 7.34. The van der Waals surface area contributed by atoms with Gasteiger partial charge in [-0.15, -0.1) is 0 Å². The Morgan fingerprint density at radius 1 is 1.21 bits per heavy atom. The average molecular weight is 473 g/mol. The molecule has 0 saturated carbocycles. The molecule has 34 heavy (non-hydrogen) atoms. The van der Waals surface area contributed by atoms with Crippen LogP contribution >= 0.6 is 11.3 Å². The molecule has 3 atom stereocenters. The number of H-pyrrole nitrogens is 1. The van der Waals surface area contributed by atoms with E-state index >= 15 is 0 Å². The van der Waals surface area contributed by atoms with Crippen molar-refractivity contribution in [2.45, 2.75) is 18.7 Å². The van der Waals surface area contributed by atoms with Crippen molar-refractivity contribution in [2.75, 3.05) is 7.11 Å². The number of benzene rings is 2. The van der Waals surface area contributed by atoms with Gasteiger partial charge in [-0.25, -0.2) is 4.99 Å². The molecule has 2 aliphatic heterocycles. The fourth-order valence-corrected chi connectivity index (χ4v) is 5.90. The van der Waals surface area contributed by atoms with Crippen molar-refractivity contribution in [1.29, 1.82) is 0 Å². The van der Waals surface area contributed by atoms with Crippen LogP contribution in [0, 0.1) is 5.92 Å². The minimum Gasteiger partial charge on any atom is -0.469 e. The van der Waals surface area contributed by atoms with Crippen LogP contribution in [0.2, 0.25) is 0 Å². The van der Waals surface area contributed by atoms with Crippen molar-refractivity contribution >= 4 is 23.4 Å². The van der Waals surface area contributed by atoms with E-state index in [4.69, 9.17) is 14.5 Å². The molecule has 9 heteroatoms. The number of aromatic nitrogens is 3. The number of hydrogen-bond donors (Lipinski definition) is 1. The summed E-state index contributed by atoms with van der Waals surface area (Å²) in [5.41, 5.74) is 1.92. The summed E-state index contributed by atoms with van der Waals surface area (Å²) < 4.78 is 13.4. The van der Waals surface area contributed by atoms with Gasteiger partial charge in [-0.2, -0.15) is 5.10 Å². The Kier molecular flexibility index (Phi) is 4.56. The number of rotatable bonds is 3. The predicted octanol–water partition coefficient (Wildman–Crippen LogP) is 2.25. The Morgan fingerprint density at radius 3 is 2.76 bits per heavy atom. The van der Waals surface area contributed by atoms with Crippen molar-refractivity contribution < 1.29 is 14.3 Å². The third kappa shape index (κ3) is 2.97. The van der Waals surface area contributed by atoms with Crippen molar-refractivity contribution in [1.82, 2.24) is 14.8 Å². The minimum atomic E-state index is -1.19. The third-order valence-electron chi connectivity index (χ3n) is 6.35. The summed E-state index contributed by atoms with van der Waals surface area (Å²) in [5, 5.41) is 7.20. The molecule has 0 saturated heterocycles. The SMILES string of the molecule is COC(=O)[C@@H]1[C@H]2c3ccccc3O[C@]1(C)N=c1s/c(=C\c3cn[nH]c3-c3ccccc3)c(=O)n12. The molecule has 170 valence electrons. The summed E-state index contributed by atoms with van der Waals surface area (Å²) >= 11 is 1.27. The number of fused-ring (bicyclic) bond motifs is 6. The lowest BCUT2D eigenvalue weighted by molar-refractivity contribution is -0.158. The molecule has 0 amide bonds. The first kappa shape index (κ1) is 20.6. The van der Waals surface area contributed by atoms with Crippen LogP contribution < -0.4 is 19.6 Å². The number of carbonyl (C=O) groups excluding carboxylic acids is 1. The van der Waals surface area contributed by atoms with Gasteiger partial charge in [0.1, 0.15) is 11.7 Å². The Balaban J connectivity index is 1.58. The standard InChI is InChI=1S/C25H20N4O4S/c1-25-19(23(31)32-2)21(16-10-6-7-11-17(16)33-25)29-22(30)18(34-24(29)27-25)12-15-13-26-28-20(15)14-8-4-3-5-9-14/h3-13,19,21H,1-2H3,(H,26,28)/b18-12-/t19-,21+,25-/m0/s1. The van der Waals surface area contributed by atoms with Crippen LogP contribution in [0.4, 0.5) is 0 Å². The molecule has 1 N–H and O–H groups in total. The number of hydrogen-bond acceptors (Lipinski definition) is 7. The summed E-state index contributed by atoms with van der Waals surface area (Å²) in [5.74, 6) is -0.663. The van der Waals surface area contributed by atoms with Gasteiger partial charge in [0, 0.05) is 16.7 Å². The van der Waals surface area contributed by atoms with Gasteiger partial charge < -0.3 is 9.47 Å². The monoisotopic (exact) mass is 472 g/mol. The van der Waals surface area contributed by atoms with Gasteiger partial charge in [-0.05, 0) is 19.1 Å². The van der Waals surface area contributed by atoms with Crippen LogP contribution in [0.5, 0.6) is 5.75 Å². The molecule has 2 aromatic heterocycles. The summed E-state index contributed by atoms with van der Waals surface area (Å²) in [6.45, 7) is 1.76. The van der Waals surface area contributed by atoms with Gasteiger partial charge in [0.25, 0.3) is 5.56 Å². The van der Waals surface area contributed by atoms with Gasteiger partial charge in [0.05, 0.1) is 29.6 Å². The van der Waals surface area contributed by atoms with E-state index < -0.39 is 23.7 Å². The van der Waals surface area contributed by atoms with E-state index in [1.54, 1.807) is 17.7 Å². The van der Waals surface area contributed by atoms with E-state index in [9.17, 15) is 9.59 Å². The molecule has 0 radical (unpaired) electrons. The number of para-hydroxylation sites is 1. The molecule has 0 aliphatic carbocycles. The average Bonchev–Trinajstić information content (AvgIpc) is 3.42. The summed E-state index contributed by atoms with van der Waals surface area (Å²) in [7, 11) is 1.34. The summed E-state index contributed by atoms with van der Waals surface area (Å²) in [6, 6.07) is 16.6. The summed E-state index contributed by atoms with van der Waals surface area (Å²) in [4.78, 5) is 31.9. The van der Waals surface area contributed by atoms with Gasteiger partial charge >= 0.3 is 5.97 Å². The van der Waals surface area contributed by atoms with E-state index in [0.717, 1.165) is 22.4 Å². The van der Waals surface area contributed by atoms with Crippen molar-refractivity contribution in [3.8, 4) is 17.0 Å². The lowest BCUT2D eigenvalue weighted by Gasteiger charge is -2.44. The Hall–Kier alpha value is -3.98. The van der Waals surface area contributed by atoms with Crippen LogP contribution in [0.3, 0.4) is 0 Å². The van der Waals surface area contributed by atoms with Gasteiger partial charge in [-0.3, -0.25) is 19.3 Å². The normalized spacial score (nSPS) is 22.8. The number of methoxy groups -OCH3 is 1. The summed E-state index contributed by atoms with van der Waals surface area (Å²) in [6.07, 6.45) is 3.50. The van der Waals surface area contributed by atoms with Crippen LogP contribution in [0.1, 0.15) is 24.1 Å². The molecule has 4 heterocycles. The van der Waals surface area contributed by atoms with E-state index in [1.807, 2.05) is 60.7 Å². The van der Waals surface area contributed by atoms with Crippen molar-refractivity contribution in [2.24, 2.45) is 10.9 Å². The molecular weight excluding hydrogens is 452 g/mol. The molecule has 6 rings (SSSR count). The second kappa shape index (κ2) is 7.53. The smallest absolute Gasteiger partial charge is 0.317 e. The molecule has 8 nitrogen and oxygen atoms in total. The van der Waals surface area contributed by atoms with Gasteiger partial charge in [0.15, 0.2) is 4.80 Å². The maximum Gasteiger partial charge on any atom is 0.317 e. The zero-order valence-corrected chi connectivity index (χ0v) is 19.2. The van der Waals surface area contributed by atoms with Crippen LogP contribution in [-0.4, -0.2) is 33.6 Å². The van der Waals surface area contributed by atoms with Crippen molar-refractivity contribution in [3.05, 3.63) is 91.6 Å². The predicted molar refractivity (Wildman–Crippen MR) is 126 cm³/mol. The number of nitrogens with one attached hydrogen (secondary N) is 1. The molecular formula is C25H20N4O4S. The van der Waals surface area contributed by atoms with Gasteiger partial charge in [0.2, 0.25) is 5.72 Å². The quantitative estimate of drug-likeness (QED) is 0.461. The highest BCUT2D eigenvalue weighted by Crippen LogP contribution is 2.47. The molecule has 4 aromatic rings. The Labute approximate surface area is 197 Å². The second-order valence-corrected chi connectivity index (χ2v) is 9.40. The zero-order valence-electron chi connectivity index (χ0n) is 18.4. The maximum atomic E-state index is 13.7. The second-order valence-electron chi connectivity index (χ2n) is 8.39. The highest BCUT2D eigenvalue weighted by Gasteiger charge is 2.55. The fourth-order valence-electron chi connectivity index (χ4n) is 4.81. The van der Waals surface area contributed by atoms with E-state index in [2.05, 4.69) is 10.2 Å². The maximum absolute atomic E-state index is 13.7. The van der Waals surface area contributed by atoms with Crippen LogP contribution in [0.15, 0.2) is 70.6 Å². The van der Waals surface area contributed by atoms with Crippen molar-refractivity contribution in [3.63, 3.8) is 0 Å². The fraction of sp³-hybridized carbons (Fsp3) is 0.200. The molecule has 0 spiro atoms. The van der Waals surface area contributed by atoms with E-state index in [1.165, 1.54) is 18.4 Å². The number of thiazole rings is 1. The largest absolute Gasteiger partial charge is 0.469 e. The first-order chi connectivity index (χ1) is 16.5. The number of esters is 1. The topological polar surface area (TPSA) is 98.6 Å². The number of carbonyl (C=O) groups is 1. The molecule has 2 bridgehead atoms.